The summed E-state index contributed by atoms with van der Waals surface area (Å²) in [5, 5.41) is 2.86. The normalized spacial score (nSPS) is 14.0. The predicted octanol–water partition coefficient (Wildman–Crippen LogP) is 3.92. The molecule has 3 nitrogen and oxygen atoms in total. The van der Waals surface area contributed by atoms with E-state index in [1.807, 2.05) is 13.8 Å². The Morgan fingerprint density at radius 1 is 1.29 bits per heavy atom. The van der Waals surface area contributed by atoms with Gasteiger partial charge in [-0.1, -0.05) is 19.1 Å². The van der Waals surface area contributed by atoms with Crippen LogP contribution in [0.25, 0.3) is 0 Å². The topological polar surface area (TPSA) is 46.2 Å². The van der Waals surface area contributed by atoms with Crippen molar-refractivity contribution in [3.8, 4) is 0 Å². The van der Waals surface area contributed by atoms with Crippen LogP contribution < -0.4 is 5.32 Å². The summed E-state index contributed by atoms with van der Waals surface area (Å²) in [6.07, 6.45) is 0.735. The second-order valence-electron chi connectivity index (χ2n) is 4.48. The number of alkyl halides is 3. The van der Waals surface area contributed by atoms with Gasteiger partial charge in [-0.05, 0) is 37.0 Å². The molecule has 0 heterocycles. The minimum Gasteiger partial charge on any atom is -0.382 e. The molecule has 0 bridgehead atoms. The fourth-order valence-electron chi connectivity index (χ4n) is 1.69. The van der Waals surface area contributed by atoms with E-state index >= 15 is 0 Å². The molecule has 1 rings (SSSR count). The van der Waals surface area contributed by atoms with Gasteiger partial charge in [-0.2, -0.15) is 24.9 Å². The molecule has 1 atom stereocenters. The molecule has 1 aromatic carbocycles. The molecule has 8 heteroatoms. The number of hydrogen-bond donors (Lipinski definition) is 1. The molecule has 0 saturated carbocycles. The number of sulfone groups is 1. The van der Waals surface area contributed by atoms with Crippen LogP contribution in [0, 0.1) is 0 Å². The zero-order valence-corrected chi connectivity index (χ0v) is 13.4. The molecule has 0 amide bonds. The van der Waals surface area contributed by atoms with E-state index in [0.29, 0.717) is 0 Å². The minimum atomic E-state index is -5.35. The first-order chi connectivity index (χ1) is 9.70. The number of nitrogens with one attached hydrogen (secondary N) is 1. The van der Waals surface area contributed by atoms with Gasteiger partial charge in [0.25, 0.3) is 9.84 Å². The Hall–Kier alpha value is -0.890. The molecule has 1 N–H and O–H groups in total. The van der Waals surface area contributed by atoms with E-state index in [1.54, 1.807) is 11.8 Å². The third kappa shape index (κ3) is 4.81. The third-order valence-corrected chi connectivity index (χ3v) is 5.26. The van der Waals surface area contributed by atoms with Crippen LogP contribution in [-0.2, 0) is 9.84 Å². The SMILES string of the molecule is CCSCCC(C)Nc1ccccc1S(=O)(=O)C(F)(F)F. The maximum absolute atomic E-state index is 12.7. The van der Waals surface area contributed by atoms with E-state index in [4.69, 9.17) is 0 Å². The van der Waals surface area contributed by atoms with E-state index in [9.17, 15) is 21.6 Å². The molecule has 1 unspecified atom stereocenters. The first-order valence-electron chi connectivity index (χ1n) is 6.44. The number of benzene rings is 1. The van der Waals surface area contributed by atoms with Crippen LogP contribution in [0.5, 0.6) is 0 Å². The van der Waals surface area contributed by atoms with Crippen LogP contribution in [0.4, 0.5) is 18.9 Å². The summed E-state index contributed by atoms with van der Waals surface area (Å²) >= 11 is 1.72. The number of hydrogen-bond acceptors (Lipinski definition) is 4. The Morgan fingerprint density at radius 3 is 2.48 bits per heavy atom. The molecule has 1 aromatic rings. The summed E-state index contributed by atoms with van der Waals surface area (Å²) in [5.41, 5.74) is -5.31. The Labute approximate surface area is 127 Å². The van der Waals surface area contributed by atoms with Crippen LogP contribution in [-0.4, -0.2) is 31.5 Å². The molecule has 0 spiro atoms. The van der Waals surface area contributed by atoms with E-state index in [1.165, 1.54) is 18.2 Å². The summed E-state index contributed by atoms with van der Waals surface area (Å²) in [6, 6.07) is 4.99. The second-order valence-corrected chi connectivity index (χ2v) is 7.78. The van der Waals surface area contributed by atoms with Crippen molar-refractivity contribution >= 4 is 27.3 Å². The number of anilines is 1. The van der Waals surface area contributed by atoms with Gasteiger partial charge >= 0.3 is 5.51 Å². The summed E-state index contributed by atoms with van der Waals surface area (Å²) < 4.78 is 61.1. The highest BCUT2D eigenvalue weighted by atomic mass is 32.2. The van der Waals surface area contributed by atoms with Crippen molar-refractivity contribution in [2.24, 2.45) is 0 Å². The first-order valence-corrected chi connectivity index (χ1v) is 9.08. The predicted molar refractivity (Wildman–Crippen MR) is 80.4 cm³/mol. The third-order valence-electron chi connectivity index (χ3n) is 2.78. The van der Waals surface area contributed by atoms with Crippen molar-refractivity contribution in [3.05, 3.63) is 24.3 Å². The summed E-state index contributed by atoms with van der Waals surface area (Å²) in [4.78, 5) is -0.729. The number of para-hydroxylation sites is 1. The summed E-state index contributed by atoms with van der Waals surface area (Å²) in [6.45, 7) is 3.83. The van der Waals surface area contributed by atoms with Gasteiger partial charge in [-0.3, -0.25) is 0 Å². The van der Waals surface area contributed by atoms with Gasteiger partial charge in [-0.15, -0.1) is 0 Å². The highest BCUT2D eigenvalue weighted by Gasteiger charge is 2.47. The zero-order valence-electron chi connectivity index (χ0n) is 11.8. The Balaban J connectivity index is 2.96. The van der Waals surface area contributed by atoms with Gasteiger partial charge < -0.3 is 5.32 Å². The molecule has 0 saturated heterocycles. The largest absolute Gasteiger partial charge is 0.501 e. The van der Waals surface area contributed by atoms with Crippen molar-refractivity contribution in [2.75, 3.05) is 16.8 Å². The fraction of sp³-hybridized carbons (Fsp3) is 0.538. The zero-order chi connectivity index (χ0) is 16.1. The van der Waals surface area contributed by atoms with Crippen LogP contribution in [0.15, 0.2) is 29.2 Å². The number of halogens is 3. The molecule has 0 aliphatic heterocycles. The lowest BCUT2D eigenvalue weighted by atomic mass is 10.2. The molecule has 0 aliphatic rings. The van der Waals surface area contributed by atoms with Crippen molar-refractivity contribution in [1.29, 1.82) is 0 Å². The van der Waals surface area contributed by atoms with Crippen molar-refractivity contribution in [3.63, 3.8) is 0 Å². The minimum absolute atomic E-state index is 0.0103. The molecule has 0 radical (unpaired) electrons. The number of thioether (sulfide) groups is 1. The lowest BCUT2D eigenvalue weighted by molar-refractivity contribution is -0.0435. The molecule has 0 aromatic heterocycles. The summed E-state index contributed by atoms with van der Waals surface area (Å²) in [5.74, 6) is 1.82. The van der Waals surface area contributed by atoms with Gasteiger partial charge in [0.1, 0.15) is 0 Å². The van der Waals surface area contributed by atoms with Crippen LogP contribution >= 0.6 is 11.8 Å². The van der Waals surface area contributed by atoms with E-state index in [0.717, 1.165) is 24.0 Å². The van der Waals surface area contributed by atoms with Crippen molar-refractivity contribution < 1.29 is 21.6 Å². The molecule has 120 valence electrons. The van der Waals surface area contributed by atoms with Gasteiger partial charge in [0.15, 0.2) is 0 Å². The molecule has 0 aliphatic carbocycles. The quantitative estimate of drug-likeness (QED) is 0.764. The van der Waals surface area contributed by atoms with Crippen LogP contribution in [0.3, 0.4) is 0 Å². The Bertz CT molecular complexity index is 559. The van der Waals surface area contributed by atoms with E-state index < -0.39 is 20.2 Å². The Kier molecular flexibility index (Phi) is 6.40. The second kappa shape index (κ2) is 7.40. The monoisotopic (exact) mass is 341 g/mol. The smallest absolute Gasteiger partial charge is 0.382 e. The molecule has 21 heavy (non-hydrogen) atoms. The van der Waals surface area contributed by atoms with Crippen LogP contribution in [0.2, 0.25) is 0 Å². The summed E-state index contributed by atoms with van der Waals surface area (Å²) in [7, 11) is -5.35. The van der Waals surface area contributed by atoms with Gasteiger partial charge in [0.2, 0.25) is 0 Å². The van der Waals surface area contributed by atoms with E-state index in [2.05, 4.69) is 5.32 Å². The fourth-order valence-corrected chi connectivity index (χ4v) is 3.42. The first kappa shape index (κ1) is 18.2. The average molecular weight is 341 g/mol. The van der Waals surface area contributed by atoms with Gasteiger partial charge in [0, 0.05) is 6.04 Å². The molecule has 0 fully saturated rings. The average Bonchev–Trinajstić information content (AvgIpc) is 2.38. The van der Waals surface area contributed by atoms with Gasteiger partial charge in [0.05, 0.1) is 10.6 Å². The van der Waals surface area contributed by atoms with E-state index in [-0.39, 0.29) is 11.7 Å². The maximum atomic E-state index is 12.7. The van der Waals surface area contributed by atoms with Crippen LogP contribution in [0.1, 0.15) is 20.3 Å². The number of rotatable bonds is 7. The lowest BCUT2D eigenvalue weighted by Gasteiger charge is -2.18. The Morgan fingerprint density at radius 2 is 1.90 bits per heavy atom. The highest BCUT2D eigenvalue weighted by molar-refractivity contribution is 7.99. The van der Waals surface area contributed by atoms with Crippen molar-refractivity contribution in [2.45, 2.75) is 36.7 Å². The maximum Gasteiger partial charge on any atom is 0.501 e. The van der Waals surface area contributed by atoms with Crippen molar-refractivity contribution in [1.82, 2.24) is 0 Å². The lowest BCUT2D eigenvalue weighted by Crippen LogP contribution is -2.25. The molecular weight excluding hydrogens is 323 g/mol. The molecular formula is C13H18F3NO2S2. The highest BCUT2D eigenvalue weighted by Crippen LogP contribution is 2.34. The van der Waals surface area contributed by atoms with Gasteiger partial charge in [-0.25, -0.2) is 8.42 Å². The standard InChI is InChI=1S/C13H18F3NO2S2/c1-3-20-9-8-10(2)17-11-6-4-5-7-12(11)21(18,19)13(14,15)16/h4-7,10,17H,3,8-9H2,1-2H3.